The number of thioether (sulfide) groups is 1. The summed E-state index contributed by atoms with van der Waals surface area (Å²) in [5.41, 5.74) is 0.139. The van der Waals surface area contributed by atoms with E-state index >= 15 is 0 Å². The molecule has 2 aliphatic rings. The Bertz CT molecular complexity index is 609. The van der Waals surface area contributed by atoms with Crippen LogP contribution in [0.5, 0.6) is 5.75 Å². The molecule has 0 amide bonds. The molecule has 1 aromatic rings. The molecule has 1 aromatic carbocycles. The quantitative estimate of drug-likeness (QED) is 0.766. The molecule has 3 rings (SSSR count). The van der Waals surface area contributed by atoms with E-state index in [0.29, 0.717) is 0 Å². The van der Waals surface area contributed by atoms with Crippen LogP contribution in [0.15, 0.2) is 24.3 Å². The van der Waals surface area contributed by atoms with E-state index < -0.39 is 10.5 Å². The Labute approximate surface area is 142 Å². The van der Waals surface area contributed by atoms with E-state index in [4.69, 9.17) is 19.2 Å². The van der Waals surface area contributed by atoms with Crippen molar-refractivity contribution in [1.82, 2.24) is 0 Å². The van der Waals surface area contributed by atoms with Gasteiger partial charge in [0.1, 0.15) is 11.2 Å². The van der Waals surface area contributed by atoms with Gasteiger partial charge in [-0.25, -0.2) is 9.78 Å². The molecule has 0 unspecified atom stereocenters. The topological polar surface area (TPSA) is 36.9 Å². The minimum Gasteiger partial charge on any atom is -0.497 e. The van der Waals surface area contributed by atoms with E-state index in [9.17, 15) is 0 Å². The zero-order valence-corrected chi connectivity index (χ0v) is 15.7. The highest BCUT2D eigenvalue weighted by Crippen LogP contribution is 2.76. The van der Waals surface area contributed by atoms with Crippen molar-refractivity contribution in [3.05, 3.63) is 29.8 Å². The van der Waals surface area contributed by atoms with E-state index in [1.165, 1.54) is 0 Å². The van der Waals surface area contributed by atoms with Gasteiger partial charge in [-0.1, -0.05) is 58.5 Å². The first-order valence-electron chi connectivity index (χ1n) is 7.88. The molecule has 5 heteroatoms. The highest BCUT2D eigenvalue weighted by Gasteiger charge is 2.83. The van der Waals surface area contributed by atoms with Crippen LogP contribution in [0.2, 0.25) is 0 Å². The van der Waals surface area contributed by atoms with Crippen molar-refractivity contribution in [3.63, 3.8) is 0 Å². The predicted octanol–water partition coefficient (Wildman–Crippen LogP) is 4.34. The Morgan fingerprint density at radius 1 is 1.13 bits per heavy atom. The first-order valence-corrected chi connectivity index (χ1v) is 8.76. The molecule has 0 saturated carbocycles. The molecule has 2 aliphatic heterocycles. The van der Waals surface area contributed by atoms with E-state index in [1.54, 1.807) is 26.0 Å². The van der Waals surface area contributed by atoms with Crippen molar-refractivity contribution in [2.75, 3.05) is 14.2 Å². The van der Waals surface area contributed by atoms with E-state index in [2.05, 4.69) is 40.7 Å². The van der Waals surface area contributed by atoms with Gasteiger partial charge in [-0.15, -0.1) is 0 Å². The van der Waals surface area contributed by atoms with Gasteiger partial charge in [0.25, 0.3) is 0 Å². The third kappa shape index (κ3) is 1.91. The molecule has 23 heavy (non-hydrogen) atoms. The summed E-state index contributed by atoms with van der Waals surface area (Å²) in [6.07, 6.45) is 0. The fraction of sp³-hybridized carbons (Fsp3) is 0.667. The van der Waals surface area contributed by atoms with E-state index in [-0.39, 0.29) is 16.3 Å². The number of ether oxygens (including phenoxy) is 2. The average Bonchev–Trinajstić information content (AvgIpc) is 2.59. The second kappa shape index (κ2) is 5.12. The summed E-state index contributed by atoms with van der Waals surface area (Å²) in [5.74, 6) is 0.814. The Morgan fingerprint density at radius 2 is 1.83 bits per heavy atom. The number of fused-ring (bicyclic) bond motifs is 1. The van der Waals surface area contributed by atoms with Gasteiger partial charge >= 0.3 is 0 Å². The Balaban J connectivity index is 2.21. The van der Waals surface area contributed by atoms with Crippen molar-refractivity contribution < 1.29 is 19.2 Å². The van der Waals surface area contributed by atoms with Gasteiger partial charge in [0.15, 0.2) is 5.60 Å². The molecule has 0 bridgehead atoms. The minimum absolute atomic E-state index is 0.0320. The molecule has 0 radical (unpaired) electrons. The summed E-state index contributed by atoms with van der Waals surface area (Å²) < 4.78 is 11.2. The van der Waals surface area contributed by atoms with Crippen LogP contribution in [0.4, 0.5) is 0 Å². The Morgan fingerprint density at radius 3 is 2.30 bits per heavy atom. The van der Waals surface area contributed by atoms with Crippen LogP contribution in [-0.2, 0) is 19.4 Å². The minimum atomic E-state index is -0.607. The lowest BCUT2D eigenvalue weighted by Crippen LogP contribution is -2.72. The van der Waals surface area contributed by atoms with Crippen LogP contribution in [-0.4, -0.2) is 25.3 Å². The lowest BCUT2D eigenvalue weighted by atomic mass is 9.57. The molecule has 0 aliphatic carbocycles. The maximum absolute atomic E-state index is 5.94. The molecular weight excluding hydrogens is 312 g/mol. The van der Waals surface area contributed by atoms with Crippen LogP contribution < -0.4 is 4.74 Å². The normalized spacial score (nSPS) is 35.5. The summed E-state index contributed by atoms with van der Waals surface area (Å²) in [6.45, 7) is 11.0. The average molecular weight is 338 g/mol. The van der Waals surface area contributed by atoms with Crippen LogP contribution >= 0.6 is 11.8 Å². The highest BCUT2D eigenvalue weighted by atomic mass is 32.2. The summed E-state index contributed by atoms with van der Waals surface area (Å²) in [4.78, 5) is 11.2. The number of rotatable bonds is 3. The third-order valence-electron chi connectivity index (χ3n) is 5.24. The van der Waals surface area contributed by atoms with E-state index in [1.807, 2.05) is 18.2 Å². The zero-order valence-electron chi connectivity index (χ0n) is 14.9. The fourth-order valence-electron chi connectivity index (χ4n) is 4.37. The molecule has 128 valence electrons. The second-order valence-corrected chi connectivity index (χ2v) is 9.09. The van der Waals surface area contributed by atoms with Crippen molar-refractivity contribution in [2.24, 2.45) is 10.8 Å². The Hall–Kier alpha value is -0.750. The Kier molecular flexibility index (Phi) is 3.80. The number of benzene rings is 1. The summed E-state index contributed by atoms with van der Waals surface area (Å²) in [7, 11) is 3.43. The molecule has 0 N–H and O–H groups in total. The zero-order chi connectivity index (χ0) is 17.1. The van der Waals surface area contributed by atoms with Gasteiger partial charge in [0.05, 0.1) is 7.11 Å². The predicted molar refractivity (Wildman–Crippen MR) is 91.2 cm³/mol. The van der Waals surface area contributed by atoms with Gasteiger partial charge < -0.3 is 9.47 Å². The molecule has 2 saturated heterocycles. The summed E-state index contributed by atoms with van der Waals surface area (Å²) in [6, 6.07) is 8.04. The molecule has 0 aromatic heterocycles. The third-order valence-corrected chi connectivity index (χ3v) is 7.16. The van der Waals surface area contributed by atoms with Gasteiger partial charge in [0, 0.05) is 18.1 Å². The SMILES string of the molecule is COc1cccc([C@]23OO[C@@]2(C(C)(C)C)C(C)(C)[C@H](OC)S3)c1. The van der Waals surface area contributed by atoms with Gasteiger partial charge in [0.2, 0.25) is 4.93 Å². The molecular formula is C18H26O4S. The van der Waals surface area contributed by atoms with Gasteiger partial charge in [-0.2, -0.15) is 0 Å². The lowest BCUT2D eigenvalue weighted by molar-refractivity contribution is -0.568. The van der Waals surface area contributed by atoms with Crippen LogP contribution in [0, 0.1) is 10.8 Å². The number of methoxy groups -OCH3 is 2. The summed E-state index contributed by atoms with van der Waals surface area (Å²) >= 11 is 1.69. The second-order valence-electron chi connectivity index (χ2n) is 7.85. The van der Waals surface area contributed by atoms with Crippen molar-refractivity contribution >= 4 is 11.8 Å². The van der Waals surface area contributed by atoms with Crippen LogP contribution in [0.3, 0.4) is 0 Å². The highest BCUT2D eigenvalue weighted by molar-refractivity contribution is 8.01. The smallest absolute Gasteiger partial charge is 0.209 e. The maximum Gasteiger partial charge on any atom is 0.209 e. The van der Waals surface area contributed by atoms with Crippen LogP contribution in [0.1, 0.15) is 40.2 Å². The lowest BCUT2D eigenvalue weighted by Gasteiger charge is -2.62. The number of hydrogen-bond acceptors (Lipinski definition) is 5. The number of hydrogen-bond donors (Lipinski definition) is 0. The van der Waals surface area contributed by atoms with Crippen molar-refractivity contribution in [1.29, 1.82) is 0 Å². The van der Waals surface area contributed by atoms with Gasteiger partial charge in [-0.3, -0.25) is 0 Å². The van der Waals surface area contributed by atoms with Gasteiger partial charge in [-0.05, 0) is 17.5 Å². The molecule has 2 fully saturated rings. The van der Waals surface area contributed by atoms with Crippen LogP contribution in [0.25, 0.3) is 0 Å². The summed E-state index contributed by atoms with van der Waals surface area (Å²) in [5, 5.41) is 0. The molecule has 3 atom stereocenters. The first kappa shape index (κ1) is 17.1. The van der Waals surface area contributed by atoms with Crippen molar-refractivity contribution in [3.8, 4) is 5.75 Å². The monoisotopic (exact) mass is 338 g/mol. The molecule has 0 spiro atoms. The largest absolute Gasteiger partial charge is 0.497 e. The first-order chi connectivity index (χ1) is 10.7. The standard InChI is InChI=1S/C18H26O4S/c1-15(2,3)18-16(4,5)14(20-7)23-17(18,21-22-18)12-9-8-10-13(11-12)19-6/h8-11,14H,1-7H3/t14-,17-,18+/m1/s1. The molecule has 2 heterocycles. The maximum atomic E-state index is 5.94. The van der Waals surface area contributed by atoms with Crippen molar-refractivity contribution in [2.45, 2.75) is 50.6 Å². The molecule has 4 nitrogen and oxygen atoms in total. The fourth-order valence-corrected chi connectivity index (χ4v) is 6.34. The van der Waals surface area contributed by atoms with E-state index in [0.717, 1.165) is 11.3 Å².